The van der Waals surface area contributed by atoms with Gasteiger partial charge in [0.2, 0.25) is 0 Å². The lowest BCUT2D eigenvalue weighted by atomic mass is 10.2. The Morgan fingerprint density at radius 2 is 2.09 bits per heavy atom. The van der Waals surface area contributed by atoms with Crippen LogP contribution in [0.5, 0.6) is 0 Å². The highest BCUT2D eigenvalue weighted by Crippen LogP contribution is 2.18. The van der Waals surface area contributed by atoms with Crippen LogP contribution in [0, 0.1) is 5.82 Å². The van der Waals surface area contributed by atoms with E-state index in [1.165, 1.54) is 12.3 Å². The maximum Gasteiger partial charge on any atom is 0.269 e. The molecule has 6 heteroatoms. The second-order valence-electron chi connectivity index (χ2n) is 4.64. The standard InChI is InChI=1S/C16H18FN3O2/c1-22-10-4-9-18-16(21)15-8-7-12(11-19-15)20-14-6-3-2-5-13(14)17/h2-3,5-8,11,20H,4,9-10H2,1H3,(H,18,21). The zero-order chi connectivity index (χ0) is 15.8. The van der Waals surface area contributed by atoms with Crippen LogP contribution in [-0.2, 0) is 4.74 Å². The number of ether oxygens (including phenoxy) is 1. The highest BCUT2D eigenvalue weighted by atomic mass is 19.1. The van der Waals surface area contributed by atoms with Gasteiger partial charge in [-0.15, -0.1) is 0 Å². The monoisotopic (exact) mass is 303 g/mol. The summed E-state index contributed by atoms with van der Waals surface area (Å²) in [7, 11) is 1.62. The molecule has 0 aliphatic rings. The summed E-state index contributed by atoms with van der Waals surface area (Å²) in [5.74, 6) is -0.587. The first-order valence-electron chi connectivity index (χ1n) is 6.95. The fourth-order valence-electron chi connectivity index (χ4n) is 1.83. The van der Waals surface area contributed by atoms with Crippen LogP contribution in [0.3, 0.4) is 0 Å². The summed E-state index contributed by atoms with van der Waals surface area (Å²) in [5.41, 5.74) is 1.29. The van der Waals surface area contributed by atoms with E-state index < -0.39 is 0 Å². The number of rotatable bonds is 7. The Balaban J connectivity index is 1.92. The molecule has 0 saturated carbocycles. The van der Waals surface area contributed by atoms with Gasteiger partial charge in [-0.2, -0.15) is 0 Å². The lowest BCUT2D eigenvalue weighted by Gasteiger charge is -2.08. The van der Waals surface area contributed by atoms with Gasteiger partial charge in [-0.25, -0.2) is 9.37 Å². The van der Waals surface area contributed by atoms with Gasteiger partial charge >= 0.3 is 0 Å². The van der Waals surface area contributed by atoms with E-state index in [-0.39, 0.29) is 11.7 Å². The Labute approximate surface area is 128 Å². The van der Waals surface area contributed by atoms with Crippen LogP contribution in [-0.4, -0.2) is 31.2 Å². The van der Waals surface area contributed by atoms with Gasteiger partial charge in [0.1, 0.15) is 11.5 Å². The van der Waals surface area contributed by atoms with Crippen molar-refractivity contribution in [3.63, 3.8) is 0 Å². The van der Waals surface area contributed by atoms with E-state index in [2.05, 4.69) is 15.6 Å². The molecule has 0 aliphatic carbocycles. The molecule has 0 saturated heterocycles. The number of nitrogens with zero attached hydrogens (tertiary/aromatic N) is 1. The maximum atomic E-state index is 13.5. The third kappa shape index (κ3) is 4.53. The molecule has 0 bridgehead atoms. The van der Waals surface area contributed by atoms with Gasteiger partial charge in [-0.05, 0) is 30.7 Å². The van der Waals surface area contributed by atoms with Gasteiger partial charge in [-0.1, -0.05) is 12.1 Å². The van der Waals surface area contributed by atoms with Crippen LogP contribution in [0.25, 0.3) is 0 Å². The van der Waals surface area contributed by atoms with Gasteiger partial charge < -0.3 is 15.4 Å². The number of pyridine rings is 1. The summed E-state index contributed by atoms with van der Waals surface area (Å²) in [4.78, 5) is 15.9. The summed E-state index contributed by atoms with van der Waals surface area (Å²) in [6.45, 7) is 1.13. The number of aromatic nitrogens is 1. The topological polar surface area (TPSA) is 63.2 Å². The number of carbonyl (C=O) groups excluding carboxylic acids is 1. The van der Waals surface area contributed by atoms with Crippen molar-refractivity contribution >= 4 is 17.3 Å². The van der Waals surface area contributed by atoms with E-state index in [1.807, 2.05) is 0 Å². The average molecular weight is 303 g/mol. The van der Waals surface area contributed by atoms with E-state index >= 15 is 0 Å². The Kier molecular flexibility index (Phi) is 5.85. The number of benzene rings is 1. The van der Waals surface area contributed by atoms with Crippen LogP contribution in [0.4, 0.5) is 15.8 Å². The van der Waals surface area contributed by atoms with Crippen LogP contribution in [0.2, 0.25) is 0 Å². The fourth-order valence-corrected chi connectivity index (χ4v) is 1.83. The smallest absolute Gasteiger partial charge is 0.269 e. The molecule has 0 radical (unpaired) electrons. The van der Waals surface area contributed by atoms with Crippen LogP contribution in [0.15, 0.2) is 42.6 Å². The number of amides is 1. The molecule has 1 heterocycles. The first-order chi connectivity index (χ1) is 10.7. The molecule has 116 valence electrons. The number of para-hydroxylation sites is 1. The third-order valence-electron chi connectivity index (χ3n) is 2.96. The molecule has 0 unspecified atom stereocenters. The molecule has 1 aromatic heterocycles. The van der Waals surface area contributed by atoms with Gasteiger partial charge in [-0.3, -0.25) is 4.79 Å². The molecular weight excluding hydrogens is 285 g/mol. The van der Waals surface area contributed by atoms with E-state index in [9.17, 15) is 9.18 Å². The lowest BCUT2D eigenvalue weighted by molar-refractivity contribution is 0.0943. The predicted molar refractivity (Wildman–Crippen MR) is 82.7 cm³/mol. The normalized spacial score (nSPS) is 10.3. The Morgan fingerprint density at radius 1 is 1.27 bits per heavy atom. The van der Waals surface area contributed by atoms with Crippen molar-refractivity contribution in [3.8, 4) is 0 Å². The molecule has 2 aromatic rings. The Bertz CT molecular complexity index is 617. The number of halogens is 1. The first kappa shape index (κ1) is 15.9. The second-order valence-corrected chi connectivity index (χ2v) is 4.64. The van der Waals surface area contributed by atoms with Crippen molar-refractivity contribution in [2.45, 2.75) is 6.42 Å². The molecule has 2 rings (SSSR count). The van der Waals surface area contributed by atoms with E-state index in [0.717, 1.165) is 6.42 Å². The number of carbonyl (C=O) groups is 1. The molecular formula is C16H18FN3O2. The number of anilines is 2. The van der Waals surface area contributed by atoms with Crippen molar-refractivity contribution in [1.82, 2.24) is 10.3 Å². The fraction of sp³-hybridized carbons (Fsp3) is 0.250. The molecule has 2 N–H and O–H groups in total. The van der Waals surface area contributed by atoms with E-state index in [1.54, 1.807) is 37.4 Å². The highest BCUT2D eigenvalue weighted by molar-refractivity contribution is 5.92. The minimum Gasteiger partial charge on any atom is -0.385 e. The Morgan fingerprint density at radius 3 is 2.77 bits per heavy atom. The Hall–Kier alpha value is -2.47. The third-order valence-corrected chi connectivity index (χ3v) is 2.96. The van der Waals surface area contributed by atoms with Crippen molar-refractivity contribution in [2.24, 2.45) is 0 Å². The lowest BCUT2D eigenvalue weighted by Crippen LogP contribution is -2.26. The van der Waals surface area contributed by atoms with Crippen molar-refractivity contribution in [3.05, 3.63) is 54.1 Å². The van der Waals surface area contributed by atoms with Gasteiger partial charge in [0.25, 0.3) is 5.91 Å². The van der Waals surface area contributed by atoms with Crippen LogP contribution < -0.4 is 10.6 Å². The molecule has 5 nitrogen and oxygen atoms in total. The largest absolute Gasteiger partial charge is 0.385 e. The number of hydrogen-bond acceptors (Lipinski definition) is 4. The molecule has 0 atom stereocenters. The first-order valence-corrected chi connectivity index (χ1v) is 6.95. The van der Waals surface area contributed by atoms with E-state index in [0.29, 0.717) is 30.2 Å². The van der Waals surface area contributed by atoms with Crippen molar-refractivity contribution in [1.29, 1.82) is 0 Å². The summed E-state index contributed by atoms with van der Waals surface area (Å²) in [6.07, 6.45) is 2.24. The van der Waals surface area contributed by atoms with Gasteiger partial charge in [0, 0.05) is 20.3 Å². The minimum atomic E-state index is -0.345. The predicted octanol–water partition coefficient (Wildman–Crippen LogP) is 2.73. The zero-order valence-corrected chi connectivity index (χ0v) is 12.3. The van der Waals surface area contributed by atoms with Gasteiger partial charge in [0.05, 0.1) is 17.6 Å². The molecule has 0 spiro atoms. The number of nitrogens with one attached hydrogen (secondary N) is 2. The summed E-state index contributed by atoms with van der Waals surface area (Å²) < 4.78 is 18.4. The summed E-state index contributed by atoms with van der Waals surface area (Å²) in [5, 5.41) is 5.66. The molecule has 1 aromatic carbocycles. The molecule has 22 heavy (non-hydrogen) atoms. The minimum absolute atomic E-state index is 0.242. The SMILES string of the molecule is COCCCNC(=O)c1ccc(Nc2ccccc2F)cn1. The van der Waals surface area contributed by atoms with Crippen molar-refractivity contribution in [2.75, 3.05) is 25.6 Å². The average Bonchev–Trinajstić information content (AvgIpc) is 2.54. The number of hydrogen-bond donors (Lipinski definition) is 2. The molecule has 0 fully saturated rings. The second kappa shape index (κ2) is 8.09. The zero-order valence-electron chi connectivity index (χ0n) is 12.3. The highest BCUT2D eigenvalue weighted by Gasteiger charge is 2.07. The summed E-state index contributed by atoms with van der Waals surface area (Å²) in [6, 6.07) is 9.64. The molecule has 1 amide bonds. The van der Waals surface area contributed by atoms with E-state index in [4.69, 9.17) is 4.74 Å². The maximum absolute atomic E-state index is 13.5. The van der Waals surface area contributed by atoms with Crippen LogP contribution >= 0.6 is 0 Å². The van der Waals surface area contributed by atoms with Gasteiger partial charge in [0.15, 0.2) is 0 Å². The number of methoxy groups -OCH3 is 1. The molecule has 0 aliphatic heterocycles. The summed E-state index contributed by atoms with van der Waals surface area (Å²) >= 11 is 0. The quantitative estimate of drug-likeness (QED) is 0.772. The van der Waals surface area contributed by atoms with Crippen LogP contribution in [0.1, 0.15) is 16.9 Å². The van der Waals surface area contributed by atoms with Crippen molar-refractivity contribution < 1.29 is 13.9 Å².